The number of benzene rings is 1. The molecule has 0 fully saturated rings. The summed E-state index contributed by atoms with van der Waals surface area (Å²) in [5, 5.41) is 4.33. The maximum Gasteiger partial charge on any atom is 0.285 e. The van der Waals surface area contributed by atoms with Crippen LogP contribution in [-0.4, -0.2) is 27.0 Å². The van der Waals surface area contributed by atoms with Crippen molar-refractivity contribution >= 4 is 11.8 Å². The molecule has 96 valence electrons. The van der Waals surface area contributed by atoms with Crippen molar-refractivity contribution in [2.45, 2.75) is 13.5 Å². The van der Waals surface area contributed by atoms with Crippen molar-refractivity contribution in [2.75, 3.05) is 0 Å². The normalized spacial score (nSPS) is 14.1. The Kier molecular flexibility index (Phi) is 2.60. The molecule has 2 amide bonds. The quantitative estimate of drug-likeness (QED) is 0.767. The van der Waals surface area contributed by atoms with Gasteiger partial charge in [0.2, 0.25) is 5.89 Å². The third-order valence-electron chi connectivity index (χ3n) is 2.65. The molecule has 0 saturated heterocycles. The zero-order chi connectivity index (χ0) is 13.4. The van der Waals surface area contributed by atoms with Crippen molar-refractivity contribution in [3.8, 4) is 0 Å². The van der Waals surface area contributed by atoms with E-state index in [9.17, 15) is 9.59 Å². The van der Waals surface area contributed by atoms with Gasteiger partial charge in [0.25, 0.3) is 11.8 Å². The Morgan fingerprint density at radius 3 is 2.37 bits per heavy atom. The van der Waals surface area contributed by atoms with Crippen LogP contribution >= 0.6 is 0 Å². The summed E-state index contributed by atoms with van der Waals surface area (Å²) in [5.41, 5.74) is 0.661. The average molecular weight is 259 g/mol. The van der Waals surface area contributed by atoms with Gasteiger partial charge in [-0.3, -0.25) is 14.4 Å². The number of imide groups is 1. The smallest absolute Gasteiger partial charge is 0.285 e. The molecule has 7 nitrogen and oxygen atoms in total. The topological polar surface area (TPSA) is 85.5 Å². The first-order valence-corrected chi connectivity index (χ1v) is 5.57. The number of aromatic nitrogens is 2. The van der Waals surface area contributed by atoms with Gasteiger partial charge in [0.15, 0.2) is 5.82 Å². The maximum absolute atomic E-state index is 11.9. The Bertz CT molecular complexity index is 629. The first-order chi connectivity index (χ1) is 9.16. The molecule has 0 saturated carbocycles. The molecule has 0 N–H and O–H groups in total. The van der Waals surface area contributed by atoms with Crippen LogP contribution in [0.3, 0.4) is 0 Å². The van der Waals surface area contributed by atoms with Crippen LogP contribution in [0.1, 0.15) is 32.4 Å². The molecule has 1 aromatic carbocycles. The van der Waals surface area contributed by atoms with E-state index in [-0.39, 0.29) is 12.4 Å². The van der Waals surface area contributed by atoms with Crippen LogP contribution in [0.15, 0.2) is 28.8 Å². The fourth-order valence-corrected chi connectivity index (χ4v) is 1.81. The lowest BCUT2D eigenvalue weighted by Crippen LogP contribution is -2.29. The van der Waals surface area contributed by atoms with Gasteiger partial charge in [-0.1, -0.05) is 17.3 Å². The summed E-state index contributed by atoms with van der Waals surface area (Å²) in [6.45, 7) is 1.53. The molecule has 1 aliphatic rings. The predicted molar refractivity (Wildman–Crippen MR) is 60.8 cm³/mol. The second-order valence-electron chi connectivity index (χ2n) is 3.95. The predicted octanol–water partition coefficient (Wildman–Crippen LogP) is 1.11. The first-order valence-electron chi connectivity index (χ1n) is 5.57. The molecule has 1 aliphatic heterocycles. The highest BCUT2D eigenvalue weighted by Gasteiger charge is 2.36. The highest BCUT2D eigenvalue weighted by atomic mass is 16.7. The lowest BCUT2D eigenvalue weighted by atomic mass is 10.1. The van der Waals surface area contributed by atoms with Crippen molar-refractivity contribution in [3.63, 3.8) is 0 Å². The van der Waals surface area contributed by atoms with E-state index < -0.39 is 11.8 Å². The molecule has 0 unspecified atom stereocenters. The number of amides is 2. The molecule has 0 atom stereocenters. The van der Waals surface area contributed by atoms with Crippen LogP contribution in [-0.2, 0) is 11.4 Å². The molecule has 1 aromatic heterocycles. The minimum absolute atomic E-state index is 0.108. The summed E-state index contributed by atoms with van der Waals surface area (Å²) >= 11 is 0. The molecular formula is C12H9N3O4. The minimum Gasteiger partial charge on any atom is -0.340 e. The molecule has 0 spiro atoms. The lowest BCUT2D eigenvalue weighted by molar-refractivity contribution is -0.103. The molecule has 7 heteroatoms. The Hall–Kier alpha value is -2.54. The molecule has 19 heavy (non-hydrogen) atoms. The van der Waals surface area contributed by atoms with Crippen molar-refractivity contribution in [1.29, 1.82) is 0 Å². The van der Waals surface area contributed by atoms with E-state index in [1.807, 2.05) is 0 Å². The Morgan fingerprint density at radius 1 is 1.21 bits per heavy atom. The fraction of sp³-hybridized carbons (Fsp3) is 0.167. The Balaban J connectivity index is 1.77. The van der Waals surface area contributed by atoms with E-state index in [1.165, 1.54) is 0 Å². The molecular weight excluding hydrogens is 250 g/mol. The van der Waals surface area contributed by atoms with E-state index in [4.69, 9.17) is 9.36 Å². The van der Waals surface area contributed by atoms with Gasteiger partial charge >= 0.3 is 0 Å². The van der Waals surface area contributed by atoms with Gasteiger partial charge in [-0.05, 0) is 12.1 Å². The van der Waals surface area contributed by atoms with Crippen molar-refractivity contribution in [1.82, 2.24) is 15.2 Å². The van der Waals surface area contributed by atoms with Crippen LogP contribution in [0.4, 0.5) is 0 Å². The zero-order valence-corrected chi connectivity index (χ0v) is 9.99. The van der Waals surface area contributed by atoms with Gasteiger partial charge in [-0.15, -0.1) is 5.06 Å². The fourth-order valence-electron chi connectivity index (χ4n) is 1.81. The number of hydrogen-bond acceptors (Lipinski definition) is 6. The van der Waals surface area contributed by atoms with Crippen LogP contribution in [0, 0.1) is 6.92 Å². The third-order valence-corrected chi connectivity index (χ3v) is 2.65. The van der Waals surface area contributed by atoms with Gasteiger partial charge < -0.3 is 4.52 Å². The SMILES string of the molecule is Cc1nc(CON2C(=O)c3ccccc3C2=O)no1. The number of aryl methyl sites for hydroxylation is 1. The number of rotatable bonds is 3. The summed E-state index contributed by atoms with van der Waals surface area (Å²) in [4.78, 5) is 33.0. The number of fused-ring (bicyclic) bond motifs is 1. The molecule has 2 aromatic rings. The maximum atomic E-state index is 11.9. The number of nitrogens with zero attached hydrogens (tertiary/aromatic N) is 3. The van der Waals surface area contributed by atoms with Gasteiger partial charge in [0, 0.05) is 6.92 Å². The Morgan fingerprint density at radius 2 is 1.84 bits per heavy atom. The summed E-state index contributed by atoms with van der Waals surface area (Å²) in [5.74, 6) is -0.309. The van der Waals surface area contributed by atoms with Crippen molar-refractivity contribution < 1.29 is 18.9 Å². The minimum atomic E-state index is -0.485. The van der Waals surface area contributed by atoms with Gasteiger partial charge in [-0.25, -0.2) is 0 Å². The van der Waals surface area contributed by atoms with E-state index in [0.717, 1.165) is 5.06 Å². The molecule has 3 rings (SSSR count). The highest BCUT2D eigenvalue weighted by molar-refractivity contribution is 6.20. The standard InChI is InChI=1S/C12H9N3O4/c1-7-13-10(14-19-7)6-18-15-11(16)8-4-2-3-5-9(8)12(15)17/h2-5H,6H2,1H3. The summed E-state index contributed by atoms with van der Waals surface area (Å²) < 4.78 is 4.77. The van der Waals surface area contributed by atoms with Crippen LogP contribution in [0.5, 0.6) is 0 Å². The number of hydroxylamine groups is 2. The molecule has 0 aliphatic carbocycles. The van der Waals surface area contributed by atoms with Crippen molar-refractivity contribution in [3.05, 3.63) is 47.1 Å². The van der Waals surface area contributed by atoms with Crippen LogP contribution < -0.4 is 0 Å². The zero-order valence-electron chi connectivity index (χ0n) is 9.99. The average Bonchev–Trinajstić information content (AvgIpc) is 2.93. The highest BCUT2D eigenvalue weighted by Crippen LogP contribution is 2.22. The summed E-state index contributed by atoms with van der Waals surface area (Å²) in [7, 11) is 0. The monoisotopic (exact) mass is 259 g/mol. The third kappa shape index (κ3) is 1.89. The number of hydrogen-bond donors (Lipinski definition) is 0. The molecule has 0 radical (unpaired) electrons. The van der Waals surface area contributed by atoms with Gasteiger partial charge in [0.1, 0.15) is 6.61 Å². The summed E-state index contributed by atoms with van der Waals surface area (Å²) in [6, 6.07) is 6.54. The molecule has 2 heterocycles. The number of carbonyl (C=O) groups excluding carboxylic acids is 2. The van der Waals surface area contributed by atoms with E-state index in [0.29, 0.717) is 17.0 Å². The second kappa shape index (κ2) is 4.29. The molecule has 0 bridgehead atoms. The van der Waals surface area contributed by atoms with Crippen LogP contribution in [0.25, 0.3) is 0 Å². The summed E-state index contributed by atoms with van der Waals surface area (Å²) in [6.07, 6.45) is 0. The van der Waals surface area contributed by atoms with Gasteiger partial charge in [-0.2, -0.15) is 4.98 Å². The van der Waals surface area contributed by atoms with E-state index >= 15 is 0 Å². The largest absolute Gasteiger partial charge is 0.340 e. The van der Waals surface area contributed by atoms with Crippen LogP contribution in [0.2, 0.25) is 0 Å². The van der Waals surface area contributed by atoms with Gasteiger partial charge in [0.05, 0.1) is 11.1 Å². The van der Waals surface area contributed by atoms with E-state index in [1.54, 1.807) is 31.2 Å². The first kappa shape index (κ1) is 11.5. The van der Waals surface area contributed by atoms with E-state index in [2.05, 4.69) is 10.1 Å². The van der Waals surface area contributed by atoms with Crippen molar-refractivity contribution in [2.24, 2.45) is 0 Å². The number of carbonyl (C=O) groups is 2. The Labute approximate surface area is 107 Å². The second-order valence-corrected chi connectivity index (χ2v) is 3.95. The lowest BCUT2D eigenvalue weighted by Gasteiger charge is -2.11.